The van der Waals surface area contributed by atoms with Crippen LogP contribution >= 0.6 is 0 Å². The van der Waals surface area contributed by atoms with Crippen molar-refractivity contribution in [2.45, 2.75) is 0 Å². The first-order valence-electron chi connectivity index (χ1n) is 6.87. The van der Waals surface area contributed by atoms with Crippen molar-refractivity contribution >= 4 is 17.5 Å². The van der Waals surface area contributed by atoms with Crippen LogP contribution in [0, 0.1) is 5.82 Å². The molecule has 2 aromatic rings. The molecule has 0 aliphatic carbocycles. The Balaban J connectivity index is 1.76. The number of aromatic nitrogens is 3. The average Bonchev–Trinajstić information content (AvgIpc) is 2.51. The minimum atomic E-state index is -0.342. The number of rotatable bonds is 3. The summed E-state index contributed by atoms with van der Waals surface area (Å²) in [5.41, 5.74) is 0.342. The smallest absolute Gasteiger partial charge is 0.249 e. The molecule has 0 unspecified atom stereocenters. The molecule has 0 bridgehead atoms. The van der Waals surface area contributed by atoms with Gasteiger partial charge in [0.1, 0.15) is 5.82 Å². The third kappa shape index (κ3) is 3.25. The van der Waals surface area contributed by atoms with Gasteiger partial charge in [-0.05, 0) is 19.2 Å². The molecule has 0 radical (unpaired) electrons. The first-order chi connectivity index (χ1) is 10.2. The van der Waals surface area contributed by atoms with Gasteiger partial charge in [0.15, 0.2) is 5.82 Å². The summed E-state index contributed by atoms with van der Waals surface area (Å²) in [5.74, 6) is 0.722. The van der Waals surface area contributed by atoms with Gasteiger partial charge in [0.05, 0.1) is 11.9 Å². The van der Waals surface area contributed by atoms with Crippen LogP contribution < -0.4 is 10.2 Å². The molecular weight excluding hydrogens is 271 g/mol. The molecule has 110 valence electrons. The Morgan fingerprint density at radius 1 is 1.14 bits per heavy atom. The van der Waals surface area contributed by atoms with Crippen LogP contribution in [0.1, 0.15) is 0 Å². The SMILES string of the molecule is CN1CCN(c2cnnc(Nc3ccccc3F)n2)CC1. The quantitative estimate of drug-likeness (QED) is 0.924. The van der Waals surface area contributed by atoms with Gasteiger partial charge in [0, 0.05) is 26.2 Å². The Morgan fingerprint density at radius 2 is 1.90 bits per heavy atom. The van der Waals surface area contributed by atoms with E-state index in [1.54, 1.807) is 24.4 Å². The lowest BCUT2D eigenvalue weighted by molar-refractivity contribution is 0.312. The molecule has 7 heteroatoms. The Labute approximate surface area is 122 Å². The Kier molecular flexibility index (Phi) is 3.92. The highest BCUT2D eigenvalue weighted by atomic mass is 19.1. The monoisotopic (exact) mass is 288 g/mol. The van der Waals surface area contributed by atoms with Crippen molar-refractivity contribution in [3.05, 3.63) is 36.3 Å². The van der Waals surface area contributed by atoms with Crippen LogP contribution in [0.5, 0.6) is 0 Å². The van der Waals surface area contributed by atoms with Gasteiger partial charge in [0.2, 0.25) is 5.95 Å². The molecule has 1 aliphatic rings. The number of piperazine rings is 1. The second kappa shape index (κ2) is 6.01. The maximum absolute atomic E-state index is 13.6. The summed E-state index contributed by atoms with van der Waals surface area (Å²) in [6.07, 6.45) is 1.64. The molecule has 0 saturated carbocycles. The Bertz CT molecular complexity index is 612. The van der Waals surface area contributed by atoms with Gasteiger partial charge in [-0.25, -0.2) is 4.39 Å². The van der Waals surface area contributed by atoms with E-state index in [0.717, 1.165) is 32.0 Å². The molecule has 1 aromatic carbocycles. The molecular formula is C14H17FN6. The second-order valence-corrected chi connectivity index (χ2v) is 5.03. The summed E-state index contributed by atoms with van der Waals surface area (Å²) in [6.45, 7) is 3.77. The number of anilines is 3. The fourth-order valence-corrected chi connectivity index (χ4v) is 2.22. The largest absolute Gasteiger partial charge is 0.353 e. The van der Waals surface area contributed by atoms with Crippen molar-refractivity contribution < 1.29 is 4.39 Å². The van der Waals surface area contributed by atoms with E-state index in [1.807, 2.05) is 0 Å². The number of benzene rings is 1. The number of halogens is 1. The minimum Gasteiger partial charge on any atom is -0.353 e. The Morgan fingerprint density at radius 3 is 2.67 bits per heavy atom. The van der Waals surface area contributed by atoms with Crippen molar-refractivity contribution in [2.24, 2.45) is 0 Å². The molecule has 2 heterocycles. The van der Waals surface area contributed by atoms with Gasteiger partial charge < -0.3 is 15.1 Å². The fourth-order valence-electron chi connectivity index (χ4n) is 2.22. The van der Waals surface area contributed by atoms with Gasteiger partial charge >= 0.3 is 0 Å². The fraction of sp³-hybridized carbons (Fsp3) is 0.357. The van der Waals surface area contributed by atoms with E-state index < -0.39 is 0 Å². The van der Waals surface area contributed by atoms with Crippen LogP contribution in [0.3, 0.4) is 0 Å². The highest BCUT2D eigenvalue weighted by Crippen LogP contribution is 2.18. The van der Waals surface area contributed by atoms with E-state index in [0.29, 0.717) is 11.6 Å². The Hall–Kier alpha value is -2.28. The second-order valence-electron chi connectivity index (χ2n) is 5.03. The summed E-state index contributed by atoms with van der Waals surface area (Å²) in [4.78, 5) is 8.84. The zero-order valence-corrected chi connectivity index (χ0v) is 11.8. The van der Waals surface area contributed by atoms with E-state index in [1.165, 1.54) is 6.07 Å². The van der Waals surface area contributed by atoms with Crippen molar-refractivity contribution in [3.8, 4) is 0 Å². The first kappa shape index (κ1) is 13.7. The van der Waals surface area contributed by atoms with Crippen LogP contribution in [0.4, 0.5) is 21.8 Å². The maximum atomic E-state index is 13.6. The van der Waals surface area contributed by atoms with E-state index in [4.69, 9.17) is 0 Å². The van der Waals surface area contributed by atoms with E-state index in [9.17, 15) is 4.39 Å². The molecule has 3 rings (SSSR count). The third-order valence-electron chi connectivity index (χ3n) is 3.49. The lowest BCUT2D eigenvalue weighted by Crippen LogP contribution is -2.44. The molecule has 0 spiro atoms. The highest BCUT2D eigenvalue weighted by molar-refractivity contribution is 5.55. The van der Waals surface area contributed by atoms with Crippen molar-refractivity contribution in [2.75, 3.05) is 43.4 Å². The van der Waals surface area contributed by atoms with Gasteiger partial charge in [-0.1, -0.05) is 12.1 Å². The van der Waals surface area contributed by atoms with Crippen LogP contribution in [0.25, 0.3) is 0 Å². The number of nitrogens with one attached hydrogen (secondary N) is 1. The maximum Gasteiger partial charge on any atom is 0.249 e. The predicted molar refractivity (Wildman–Crippen MR) is 79.2 cm³/mol. The van der Waals surface area contributed by atoms with Crippen molar-refractivity contribution in [3.63, 3.8) is 0 Å². The zero-order valence-electron chi connectivity index (χ0n) is 11.8. The van der Waals surface area contributed by atoms with E-state index in [2.05, 4.69) is 37.3 Å². The summed E-state index contributed by atoms with van der Waals surface area (Å²) in [7, 11) is 2.10. The van der Waals surface area contributed by atoms with Gasteiger partial charge in [0.25, 0.3) is 0 Å². The van der Waals surface area contributed by atoms with E-state index >= 15 is 0 Å². The van der Waals surface area contributed by atoms with Crippen molar-refractivity contribution in [1.82, 2.24) is 20.1 Å². The molecule has 0 amide bonds. The van der Waals surface area contributed by atoms with Crippen LogP contribution in [0.15, 0.2) is 30.5 Å². The lowest BCUT2D eigenvalue weighted by Gasteiger charge is -2.32. The van der Waals surface area contributed by atoms with Gasteiger partial charge in [-0.15, -0.1) is 5.10 Å². The van der Waals surface area contributed by atoms with Crippen molar-refractivity contribution in [1.29, 1.82) is 0 Å². The van der Waals surface area contributed by atoms with Gasteiger partial charge in [-0.2, -0.15) is 10.1 Å². The molecule has 1 N–H and O–H groups in total. The molecule has 0 atom stereocenters. The topological polar surface area (TPSA) is 57.2 Å². The average molecular weight is 288 g/mol. The lowest BCUT2D eigenvalue weighted by atomic mass is 10.3. The van der Waals surface area contributed by atoms with E-state index in [-0.39, 0.29) is 5.82 Å². The van der Waals surface area contributed by atoms with Crippen LogP contribution in [0.2, 0.25) is 0 Å². The summed E-state index contributed by atoms with van der Waals surface area (Å²) in [6, 6.07) is 6.42. The number of hydrogen-bond acceptors (Lipinski definition) is 6. The van der Waals surface area contributed by atoms with Gasteiger partial charge in [-0.3, -0.25) is 0 Å². The number of para-hydroxylation sites is 1. The standard InChI is InChI=1S/C14H17FN6/c1-20-6-8-21(9-7-20)13-10-16-19-14(18-13)17-12-5-3-2-4-11(12)15/h2-5,10H,6-9H2,1H3,(H,17,18,19). The highest BCUT2D eigenvalue weighted by Gasteiger charge is 2.16. The molecule has 6 nitrogen and oxygen atoms in total. The molecule has 21 heavy (non-hydrogen) atoms. The number of hydrogen-bond donors (Lipinski definition) is 1. The zero-order chi connectivity index (χ0) is 14.7. The number of likely N-dealkylation sites (N-methyl/N-ethyl adjacent to an activating group) is 1. The first-order valence-corrected chi connectivity index (χ1v) is 6.87. The van der Waals surface area contributed by atoms with Crippen LogP contribution in [-0.2, 0) is 0 Å². The molecule has 1 aliphatic heterocycles. The normalized spacial score (nSPS) is 16.0. The third-order valence-corrected chi connectivity index (χ3v) is 3.49. The van der Waals surface area contributed by atoms with Crippen LogP contribution in [-0.4, -0.2) is 53.3 Å². The summed E-state index contributed by atoms with van der Waals surface area (Å²) in [5, 5.41) is 10.7. The summed E-state index contributed by atoms with van der Waals surface area (Å²) >= 11 is 0. The molecule has 1 saturated heterocycles. The number of nitrogens with zero attached hydrogens (tertiary/aromatic N) is 5. The predicted octanol–water partition coefficient (Wildman–Crippen LogP) is 1.51. The molecule has 1 fully saturated rings. The minimum absolute atomic E-state index is 0.302. The molecule has 1 aromatic heterocycles. The summed E-state index contributed by atoms with van der Waals surface area (Å²) < 4.78 is 13.6.